The van der Waals surface area contributed by atoms with Gasteiger partial charge in [0.2, 0.25) is 5.76 Å². The van der Waals surface area contributed by atoms with Crippen molar-refractivity contribution in [1.29, 1.82) is 0 Å². The second-order valence-corrected chi connectivity index (χ2v) is 5.19. The molecule has 0 unspecified atom stereocenters. The monoisotopic (exact) mass is 344 g/mol. The first kappa shape index (κ1) is 13.9. The maximum Gasteiger partial charge on any atom is 0.374 e. The molecule has 3 nitrogen and oxygen atoms in total. The number of esters is 1. The summed E-state index contributed by atoms with van der Waals surface area (Å²) >= 11 is 3.45. The topological polar surface area (TPSA) is 39.4 Å². The fourth-order valence-electron chi connectivity index (χ4n) is 2.36. The van der Waals surface area contributed by atoms with E-state index < -0.39 is 5.97 Å². The van der Waals surface area contributed by atoms with Crippen molar-refractivity contribution in [3.8, 4) is 11.1 Å². The summed E-state index contributed by atoms with van der Waals surface area (Å²) in [6.45, 7) is 0. The predicted octanol–water partition coefficient (Wildman–Crippen LogP) is 4.78. The predicted molar refractivity (Wildman–Crippen MR) is 85.6 cm³/mol. The van der Waals surface area contributed by atoms with E-state index in [2.05, 4.69) is 15.9 Å². The average molecular weight is 345 g/mol. The van der Waals surface area contributed by atoms with Crippen molar-refractivity contribution in [3.63, 3.8) is 0 Å². The van der Waals surface area contributed by atoms with Gasteiger partial charge in [-0.3, -0.25) is 0 Å². The molecule has 0 saturated carbocycles. The number of ether oxygens (including phenoxy) is 1. The zero-order valence-corrected chi connectivity index (χ0v) is 13.0. The highest BCUT2D eigenvalue weighted by atomic mass is 79.9. The van der Waals surface area contributed by atoms with Gasteiger partial charge in [0.1, 0.15) is 5.58 Å². The minimum Gasteiger partial charge on any atom is -0.463 e. The van der Waals surface area contributed by atoms with Crippen molar-refractivity contribution in [1.82, 2.24) is 0 Å². The number of benzene rings is 2. The summed E-state index contributed by atoms with van der Waals surface area (Å²) in [6.07, 6.45) is 0. The van der Waals surface area contributed by atoms with Crippen molar-refractivity contribution in [2.75, 3.05) is 7.11 Å². The average Bonchev–Trinajstić information content (AvgIpc) is 2.93. The third-order valence-corrected chi connectivity index (χ3v) is 3.99. The molecule has 106 valence electrons. The van der Waals surface area contributed by atoms with Crippen LogP contribution in [0.2, 0.25) is 0 Å². The SMILES string of the molecule is COC(=O)c1oc2ccc(CBr)cc2c1-c1ccccc1. The molecule has 0 atom stereocenters. The molecule has 2 aromatic carbocycles. The van der Waals surface area contributed by atoms with Crippen LogP contribution >= 0.6 is 15.9 Å². The van der Waals surface area contributed by atoms with Gasteiger partial charge in [0.15, 0.2) is 0 Å². The van der Waals surface area contributed by atoms with Gasteiger partial charge in [0.25, 0.3) is 0 Å². The Morgan fingerprint density at radius 1 is 1.19 bits per heavy atom. The molecule has 0 radical (unpaired) electrons. The normalized spacial score (nSPS) is 10.8. The number of methoxy groups -OCH3 is 1. The van der Waals surface area contributed by atoms with Crippen LogP contribution in [-0.4, -0.2) is 13.1 Å². The molecule has 0 fully saturated rings. The first-order chi connectivity index (χ1) is 10.2. The third-order valence-electron chi connectivity index (χ3n) is 3.34. The Morgan fingerprint density at radius 3 is 2.62 bits per heavy atom. The molecule has 0 amide bonds. The number of hydrogen-bond acceptors (Lipinski definition) is 3. The zero-order chi connectivity index (χ0) is 14.8. The minimum atomic E-state index is -0.467. The van der Waals surface area contributed by atoms with Crippen LogP contribution in [0.5, 0.6) is 0 Å². The van der Waals surface area contributed by atoms with Gasteiger partial charge in [0, 0.05) is 16.3 Å². The lowest BCUT2D eigenvalue weighted by Crippen LogP contribution is -2.00. The van der Waals surface area contributed by atoms with E-state index in [9.17, 15) is 4.79 Å². The van der Waals surface area contributed by atoms with Crippen LogP contribution in [0.15, 0.2) is 52.9 Å². The fourth-order valence-corrected chi connectivity index (χ4v) is 2.70. The lowest BCUT2D eigenvalue weighted by molar-refractivity contribution is 0.0569. The number of carbonyl (C=O) groups excluding carboxylic acids is 1. The van der Waals surface area contributed by atoms with Gasteiger partial charge in [-0.05, 0) is 23.3 Å². The molecule has 0 saturated heterocycles. The first-order valence-electron chi connectivity index (χ1n) is 6.49. The molecular formula is C17H13BrO3. The van der Waals surface area contributed by atoms with Crippen LogP contribution in [0, 0.1) is 0 Å². The summed E-state index contributed by atoms with van der Waals surface area (Å²) in [5.41, 5.74) is 3.51. The second kappa shape index (κ2) is 5.74. The quantitative estimate of drug-likeness (QED) is 0.507. The summed E-state index contributed by atoms with van der Waals surface area (Å²) in [6, 6.07) is 15.6. The molecule has 0 aliphatic heterocycles. The van der Waals surface area contributed by atoms with E-state index in [1.54, 1.807) is 0 Å². The number of rotatable bonds is 3. The number of fused-ring (bicyclic) bond motifs is 1. The summed E-state index contributed by atoms with van der Waals surface area (Å²) in [5, 5.41) is 1.66. The standard InChI is InChI=1S/C17H13BrO3/c1-20-17(19)16-15(12-5-3-2-4-6-12)13-9-11(10-18)7-8-14(13)21-16/h2-9H,10H2,1H3. The van der Waals surface area contributed by atoms with Crippen molar-refractivity contribution in [3.05, 3.63) is 59.9 Å². The second-order valence-electron chi connectivity index (χ2n) is 4.63. The van der Waals surface area contributed by atoms with Gasteiger partial charge in [0.05, 0.1) is 7.11 Å². The highest BCUT2D eigenvalue weighted by Crippen LogP contribution is 2.36. The van der Waals surface area contributed by atoms with E-state index in [1.807, 2.05) is 48.5 Å². The lowest BCUT2D eigenvalue weighted by Gasteiger charge is -2.02. The van der Waals surface area contributed by atoms with E-state index in [0.29, 0.717) is 5.58 Å². The molecule has 4 heteroatoms. The molecule has 0 spiro atoms. The van der Waals surface area contributed by atoms with Crippen molar-refractivity contribution >= 4 is 32.9 Å². The van der Waals surface area contributed by atoms with Crippen LogP contribution in [0.25, 0.3) is 22.1 Å². The Morgan fingerprint density at radius 2 is 1.95 bits per heavy atom. The van der Waals surface area contributed by atoms with Crippen LogP contribution in [0.3, 0.4) is 0 Å². The van der Waals surface area contributed by atoms with Gasteiger partial charge in [-0.1, -0.05) is 52.3 Å². The van der Waals surface area contributed by atoms with Crippen LogP contribution in [0.4, 0.5) is 0 Å². The Balaban J connectivity index is 2.33. The Bertz CT molecular complexity index is 790. The van der Waals surface area contributed by atoms with E-state index in [-0.39, 0.29) is 5.76 Å². The van der Waals surface area contributed by atoms with Crippen molar-refractivity contribution in [2.45, 2.75) is 5.33 Å². The largest absolute Gasteiger partial charge is 0.463 e. The molecule has 0 aliphatic rings. The fraction of sp³-hybridized carbons (Fsp3) is 0.118. The number of hydrogen-bond donors (Lipinski definition) is 0. The van der Waals surface area contributed by atoms with Gasteiger partial charge in [-0.15, -0.1) is 0 Å². The number of alkyl halides is 1. The number of furan rings is 1. The van der Waals surface area contributed by atoms with Gasteiger partial charge >= 0.3 is 5.97 Å². The summed E-state index contributed by atoms with van der Waals surface area (Å²) < 4.78 is 10.6. The molecule has 3 aromatic rings. The zero-order valence-electron chi connectivity index (χ0n) is 11.4. The van der Waals surface area contributed by atoms with Crippen LogP contribution in [0.1, 0.15) is 16.1 Å². The third kappa shape index (κ3) is 2.47. The number of halogens is 1. The summed E-state index contributed by atoms with van der Waals surface area (Å²) in [5.74, 6) is -0.226. The van der Waals surface area contributed by atoms with Crippen LogP contribution in [-0.2, 0) is 10.1 Å². The van der Waals surface area contributed by atoms with Gasteiger partial charge < -0.3 is 9.15 Å². The lowest BCUT2D eigenvalue weighted by atomic mass is 10.0. The highest BCUT2D eigenvalue weighted by Gasteiger charge is 2.22. The molecule has 0 N–H and O–H groups in total. The molecule has 21 heavy (non-hydrogen) atoms. The molecule has 1 aromatic heterocycles. The van der Waals surface area contributed by atoms with Gasteiger partial charge in [-0.2, -0.15) is 0 Å². The van der Waals surface area contributed by atoms with E-state index >= 15 is 0 Å². The van der Waals surface area contributed by atoms with Crippen LogP contribution < -0.4 is 0 Å². The Labute approximate surface area is 130 Å². The van der Waals surface area contributed by atoms with Crippen molar-refractivity contribution in [2.24, 2.45) is 0 Å². The Hall–Kier alpha value is -2.07. The first-order valence-corrected chi connectivity index (χ1v) is 7.62. The molecule has 0 bridgehead atoms. The highest BCUT2D eigenvalue weighted by molar-refractivity contribution is 9.08. The van der Waals surface area contributed by atoms with E-state index in [4.69, 9.17) is 9.15 Å². The van der Waals surface area contributed by atoms with E-state index in [0.717, 1.165) is 27.4 Å². The Kier molecular flexibility index (Phi) is 3.80. The van der Waals surface area contributed by atoms with Crippen molar-refractivity contribution < 1.29 is 13.9 Å². The maximum atomic E-state index is 12.0. The molecule has 3 rings (SSSR count). The molecular weight excluding hydrogens is 332 g/mol. The minimum absolute atomic E-state index is 0.241. The number of carbonyl (C=O) groups is 1. The molecule has 0 aliphatic carbocycles. The smallest absolute Gasteiger partial charge is 0.374 e. The molecule has 1 heterocycles. The summed E-state index contributed by atoms with van der Waals surface area (Å²) in [7, 11) is 1.36. The van der Waals surface area contributed by atoms with Gasteiger partial charge in [-0.25, -0.2) is 4.79 Å². The maximum absolute atomic E-state index is 12.0. The summed E-state index contributed by atoms with van der Waals surface area (Å²) in [4.78, 5) is 12.0. The van der Waals surface area contributed by atoms with E-state index in [1.165, 1.54) is 7.11 Å².